The molecule has 20 heavy (non-hydrogen) atoms. The molecule has 2 N–H and O–H groups in total. The summed E-state index contributed by atoms with van der Waals surface area (Å²) in [6.07, 6.45) is 2.20. The normalized spacial score (nSPS) is 16.1. The van der Waals surface area contributed by atoms with E-state index in [4.69, 9.17) is 19.7 Å². The van der Waals surface area contributed by atoms with Gasteiger partial charge in [-0.15, -0.1) is 0 Å². The first-order valence-electron chi connectivity index (χ1n) is 6.53. The number of nitrogens with zero attached hydrogens (tertiary/aromatic N) is 2. The average Bonchev–Trinajstić information content (AvgIpc) is 3.17. The summed E-state index contributed by atoms with van der Waals surface area (Å²) in [5.41, 5.74) is 7.23. The highest BCUT2D eigenvalue weighted by Gasteiger charge is 2.35. The van der Waals surface area contributed by atoms with Gasteiger partial charge in [-0.3, -0.25) is 0 Å². The second kappa shape index (κ2) is 5.13. The maximum absolute atomic E-state index is 5.98. The first-order valence-corrected chi connectivity index (χ1v) is 6.53. The lowest BCUT2D eigenvalue weighted by Gasteiger charge is -2.08. The molecule has 0 amide bonds. The second-order valence-corrected chi connectivity index (χ2v) is 4.90. The molecule has 1 atom stereocenters. The van der Waals surface area contributed by atoms with E-state index in [0.717, 1.165) is 12.8 Å². The van der Waals surface area contributed by atoms with Crippen LogP contribution in [0.5, 0.6) is 5.75 Å². The van der Waals surface area contributed by atoms with Crippen LogP contribution < -0.4 is 10.5 Å². The number of rotatable bonds is 5. The van der Waals surface area contributed by atoms with Crippen LogP contribution in [0.15, 0.2) is 22.7 Å². The van der Waals surface area contributed by atoms with Gasteiger partial charge < -0.3 is 19.7 Å². The molecule has 1 unspecified atom stereocenters. The van der Waals surface area contributed by atoms with Crippen LogP contribution in [0.4, 0.5) is 5.69 Å². The maximum atomic E-state index is 5.98. The van der Waals surface area contributed by atoms with Crippen molar-refractivity contribution in [1.29, 1.82) is 0 Å². The highest BCUT2D eigenvalue weighted by molar-refractivity contribution is 5.71. The fourth-order valence-electron chi connectivity index (χ4n) is 2.23. The van der Waals surface area contributed by atoms with Gasteiger partial charge in [-0.05, 0) is 30.9 Å². The van der Waals surface area contributed by atoms with Crippen LogP contribution in [0.2, 0.25) is 0 Å². The van der Waals surface area contributed by atoms with Crippen molar-refractivity contribution in [3.05, 3.63) is 24.0 Å². The first-order chi connectivity index (χ1) is 9.72. The van der Waals surface area contributed by atoms with Crippen LogP contribution in [0.1, 0.15) is 24.8 Å². The van der Waals surface area contributed by atoms with Gasteiger partial charge in [0.1, 0.15) is 11.9 Å². The van der Waals surface area contributed by atoms with Crippen LogP contribution in [0.3, 0.4) is 0 Å². The number of ether oxygens (including phenoxy) is 2. The number of nitrogens with two attached hydrogens (primary N) is 1. The van der Waals surface area contributed by atoms with Crippen molar-refractivity contribution < 1.29 is 14.0 Å². The number of methoxy groups -OCH3 is 2. The molecule has 1 aliphatic carbocycles. The van der Waals surface area contributed by atoms with E-state index in [1.807, 2.05) is 12.1 Å². The molecule has 0 spiro atoms. The quantitative estimate of drug-likeness (QED) is 0.844. The van der Waals surface area contributed by atoms with Crippen LogP contribution in [0, 0.1) is 5.92 Å². The molecule has 2 aromatic rings. The summed E-state index contributed by atoms with van der Waals surface area (Å²) in [4.78, 5) is 4.41. The van der Waals surface area contributed by atoms with E-state index in [1.165, 1.54) is 0 Å². The molecule has 0 bridgehead atoms. The molecular formula is C14H17N3O3. The van der Waals surface area contributed by atoms with E-state index < -0.39 is 0 Å². The third kappa shape index (κ3) is 2.34. The molecule has 6 heteroatoms. The fraction of sp³-hybridized carbons (Fsp3) is 0.429. The predicted octanol–water partition coefficient (Wildman–Crippen LogP) is 2.42. The predicted molar refractivity (Wildman–Crippen MR) is 73.2 cm³/mol. The lowest BCUT2D eigenvalue weighted by Crippen LogP contribution is -2.05. The Morgan fingerprint density at radius 1 is 1.35 bits per heavy atom. The van der Waals surface area contributed by atoms with E-state index in [-0.39, 0.29) is 6.10 Å². The number of benzene rings is 1. The number of hydrogen-bond acceptors (Lipinski definition) is 6. The molecule has 1 aromatic heterocycles. The van der Waals surface area contributed by atoms with Crippen molar-refractivity contribution >= 4 is 5.69 Å². The van der Waals surface area contributed by atoms with Crippen LogP contribution in [-0.4, -0.2) is 24.4 Å². The van der Waals surface area contributed by atoms with E-state index in [0.29, 0.717) is 34.6 Å². The van der Waals surface area contributed by atoms with Crippen molar-refractivity contribution in [2.75, 3.05) is 20.0 Å². The average molecular weight is 275 g/mol. The summed E-state index contributed by atoms with van der Waals surface area (Å²) in [6, 6.07) is 5.35. The summed E-state index contributed by atoms with van der Waals surface area (Å²) < 4.78 is 15.9. The van der Waals surface area contributed by atoms with Crippen LogP contribution in [0.25, 0.3) is 11.5 Å². The van der Waals surface area contributed by atoms with Crippen molar-refractivity contribution in [2.24, 2.45) is 5.92 Å². The maximum Gasteiger partial charge on any atom is 0.260 e. The Morgan fingerprint density at radius 3 is 2.75 bits per heavy atom. The van der Waals surface area contributed by atoms with Gasteiger partial charge in [0, 0.05) is 18.9 Å². The Labute approximate surface area is 116 Å². The monoisotopic (exact) mass is 275 g/mol. The molecule has 1 aliphatic rings. The van der Waals surface area contributed by atoms with E-state index in [1.54, 1.807) is 20.3 Å². The molecule has 106 valence electrons. The molecule has 1 aromatic carbocycles. The number of nitrogen functional groups attached to an aromatic ring is 1. The number of aromatic nitrogens is 2. The van der Waals surface area contributed by atoms with Crippen molar-refractivity contribution in [3.8, 4) is 17.2 Å². The minimum atomic E-state index is -0.0908. The molecule has 1 fully saturated rings. The lowest BCUT2D eigenvalue weighted by atomic mass is 10.1. The molecule has 1 heterocycles. The van der Waals surface area contributed by atoms with Gasteiger partial charge in [0.25, 0.3) is 5.89 Å². The number of hydrogen-bond donors (Lipinski definition) is 1. The zero-order valence-electron chi connectivity index (χ0n) is 11.5. The van der Waals surface area contributed by atoms with Gasteiger partial charge in [0.05, 0.1) is 12.7 Å². The lowest BCUT2D eigenvalue weighted by molar-refractivity contribution is 0.0751. The Kier molecular flexibility index (Phi) is 3.31. The molecule has 6 nitrogen and oxygen atoms in total. The third-order valence-corrected chi connectivity index (χ3v) is 3.49. The Balaban J connectivity index is 1.89. The Hall–Kier alpha value is -2.08. The van der Waals surface area contributed by atoms with Crippen molar-refractivity contribution in [3.63, 3.8) is 0 Å². The van der Waals surface area contributed by atoms with Gasteiger partial charge in [0.15, 0.2) is 0 Å². The largest absolute Gasteiger partial charge is 0.497 e. The Bertz CT molecular complexity index is 607. The van der Waals surface area contributed by atoms with Crippen LogP contribution >= 0.6 is 0 Å². The summed E-state index contributed by atoms with van der Waals surface area (Å²) in [7, 11) is 3.26. The summed E-state index contributed by atoms with van der Waals surface area (Å²) in [6.45, 7) is 0. The highest BCUT2D eigenvalue weighted by Crippen LogP contribution is 2.42. The van der Waals surface area contributed by atoms with Crippen molar-refractivity contribution in [2.45, 2.75) is 18.9 Å². The summed E-state index contributed by atoms with van der Waals surface area (Å²) >= 11 is 0. The minimum Gasteiger partial charge on any atom is -0.497 e. The SMILES string of the molecule is COc1ccc(-c2nc(C(OC)C3CC3)no2)c(N)c1. The Morgan fingerprint density at radius 2 is 2.15 bits per heavy atom. The van der Waals surface area contributed by atoms with E-state index in [9.17, 15) is 0 Å². The summed E-state index contributed by atoms with van der Waals surface area (Å²) in [5, 5.41) is 4.01. The van der Waals surface area contributed by atoms with Gasteiger partial charge in [-0.25, -0.2) is 0 Å². The smallest absolute Gasteiger partial charge is 0.260 e. The minimum absolute atomic E-state index is 0.0908. The van der Waals surface area contributed by atoms with E-state index >= 15 is 0 Å². The molecule has 0 aliphatic heterocycles. The fourth-order valence-corrected chi connectivity index (χ4v) is 2.23. The second-order valence-electron chi connectivity index (χ2n) is 4.90. The zero-order valence-corrected chi connectivity index (χ0v) is 11.5. The van der Waals surface area contributed by atoms with Crippen molar-refractivity contribution in [1.82, 2.24) is 10.1 Å². The van der Waals surface area contributed by atoms with E-state index in [2.05, 4.69) is 10.1 Å². The van der Waals surface area contributed by atoms with Gasteiger partial charge in [-0.1, -0.05) is 5.16 Å². The standard InChI is InChI=1S/C14H17N3O3/c1-18-9-5-6-10(11(15)7-9)14-16-13(17-20-14)12(19-2)8-3-4-8/h5-8,12H,3-4,15H2,1-2H3. The zero-order chi connectivity index (χ0) is 14.1. The van der Waals surface area contributed by atoms with Gasteiger partial charge in [-0.2, -0.15) is 4.98 Å². The molecule has 0 saturated heterocycles. The number of anilines is 1. The first kappa shape index (κ1) is 12.9. The molecular weight excluding hydrogens is 258 g/mol. The van der Waals surface area contributed by atoms with Gasteiger partial charge in [0.2, 0.25) is 5.82 Å². The highest BCUT2D eigenvalue weighted by atomic mass is 16.5. The molecule has 3 rings (SSSR count). The third-order valence-electron chi connectivity index (χ3n) is 3.49. The van der Waals surface area contributed by atoms with Crippen LogP contribution in [-0.2, 0) is 4.74 Å². The molecule has 0 radical (unpaired) electrons. The van der Waals surface area contributed by atoms with Gasteiger partial charge >= 0.3 is 0 Å². The summed E-state index contributed by atoms with van der Waals surface area (Å²) in [5.74, 6) is 2.18. The topological polar surface area (TPSA) is 83.4 Å². The molecule has 1 saturated carbocycles.